The lowest BCUT2D eigenvalue weighted by molar-refractivity contribution is -0.117. The molecule has 1 fully saturated rings. The number of ether oxygens (including phenoxy) is 1. The highest BCUT2D eigenvalue weighted by Crippen LogP contribution is 2.33. The van der Waals surface area contributed by atoms with Gasteiger partial charge in [-0.25, -0.2) is 18.9 Å². The van der Waals surface area contributed by atoms with E-state index < -0.39 is 11.7 Å². The first kappa shape index (κ1) is 20.6. The van der Waals surface area contributed by atoms with Crippen molar-refractivity contribution < 1.29 is 13.9 Å². The van der Waals surface area contributed by atoms with Gasteiger partial charge in [0.15, 0.2) is 5.65 Å². The normalized spacial score (nSPS) is 16.1. The molecule has 0 bridgehead atoms. The molecule has 1 atom stereocenters. The van der Waals surface area contributed by atoms with Crippen molar-refractivity contribution in [2.45, 2.75) is 31.9 Å². The van der Waals surface area contributed by atoms with Crippen LogP contribution in [-0.4, -0.2) is 42.8 Å². The molecule has 0 aliphatic carbocycles. The number of fused-ring (bicyclic) bond motifs is 1. The fraction of sp³-hybridized carbons (Fsp3) is 0.273. The summed E-state index contributed by atoms with van der Waals surface area (Å²) in [4.78, 5) is 20.3. The Hall–Kier alpha value is -3.30. The minimum Gasteiger partial charge on any atom is -0.376 e. The van der Waals surface area contributed by atoms with Crippen molar-refractivity contribution in [3.8, 4) is 22.6 Å². The predicted molar refractivity (Wildman–Crippen MR) is 116 cm³/mol. The Balaban J connectivity index is 1.65. The van der Waals surface area contributed by atoms with Gasteiger partial charge in [0.05, 0.1) is 53.7 Å². The summed E-state index contributed by atoms with van der Waals surface area (Å²) in [5.74, 6) is -0.964. The minimum atomic E-state index is -0.496. The van der Waals surface area contributed by atoms with Crippen LogP contribution in [0.4, 0.5) is 4.39 Å². The zero-order valence-electron chi connectivity index (χ0n) is 17.0. The highest BCUT2D eigenvalue weighted by atomic mass is 35.5. The van der Waals surface area contributed by atoms with Crippen molar-refractivity contribution in [2.75, 3.05) is 6.61 Å². The minimum absolute atomic E-state index is 0.0175. The van der Waals surface area contributed by atoms with Crippen LogP contribution in [0.5, 0.6) is 0 Å². The average Bonchev–Trinajstić information content (AvgIpc) is 3.51. The molecule has 1 saturated heterocycles. The van der Waals surface area contributed by atoms with E-state index in [1.54, 1.807) is 29.2 Å². The van der Waals surface area contributed by atoms with Gasteiger partial charge < -0.3 is 15.0 Å². The van der Waals surface area contributed by atoms with Crippen LogP contribution in [-0.2, 0) is 22.5 Å². The van der Waals surface area contributed by atoms with Gasteiger partial charge in [0.2, 0.25) is 5.91 Å². The van der Waals surface area contributed by atoms with Crippen LogP contribution in [0.25, 0.3) is 28.3 Å². The van der Waals surface area contributed by atoms with Crippen molar-refractivity contribution in [3.05, 3.63) is 59.4 Å². The maximum atomic E-state index is 13.8. The number of hydrogen-bond acceptors (Lipinski definition) is 5. The number of benzene rings is 1. The number of nitrogens with zero attached hydrogens (tertiary/aromatic N) is 5. The number of carbonyl (C=O) groups is 1. The highest BCUT2D eigenvalue weighted by Gasteiger charge is 2.23. The van der Waals surface area contributed by atoms with E-state index in [9.17, 15) is 9.18 Å². The van der Waals surface area contributed by atoms with Gasteiger partial charge in [0.25, 0.3) is 0 Å². The molecule has 1 aliphatic heterocycles. The van der Waals surface area contributed by atoms with Gasteiger partial charge in [-0.1, -0.05) is 11.6 Å². The lowest BCUT2D eigenvalue weighted by atomic mass is 10.1. The number of halogens is 2. The van der Waals surface area contributed by atoms with Crippen molar-refractivity contribution in [3.63, 3.8) is 0 Å². The third-order valence-corrected chi connectivity index (χ3v) is 5.78. The second-order valence-corrected chi connectivity index (χ2v) is 8.15. The van der Waals surface area contributed by atoms with E-state index in [4.69, 9.17) is 27.2 Å². The van der Waals surface area contributed by atoms with E-state index in [0.29, 0.717) is 34.8 Å². The second kappa shape index (κ2) is 8.33. The molecular formula is C22H20ClFN6O2. The number of amides is 1. The van der Waals surface area contributed by atoms with Gasteiger partial charge in [-0.15, -0.1) is 0 Å². The smallest absolute Gasteiger partial charge is 0.223 e. The van der Waals surface area contributed by atoms with Gasteiger partial charge in [-0.05, 0) is 43.2 Å². The fourth-order valence-electron chi connectivity index (χ4n) is 4.00. The maximum absolute atomic E-state index is 13.8. The number of rotatable bonds is 6. The van der Waals surface area contributed by atoms with Crippen LogP contribution in [0.1, 0.15) is 18.5 Å². The molecule has 164 valence electrons. The standard InChI is InChI=1S/C22H20ClFN6O2/c23-16-8-13(3-4-17(16)24)21-22(29(12-27-21)11-15-2-1-7-32-15)18-5-6-20-26-10-14(9-19(25)31)30(20)28-18/h3-6,8,10,12,15H,1-2,7,9,11H2,(H2,25,31)/t15-/m0/s1. The first-order valence-corrected chi connectivity index (χ1v) is 10.6. The molecule has 8 nitrogen and oxygen atoms in total. The number of hydrogen-bond donors (Lipinski definition) is 1. The van der Waals surface area contributed by atoms with Crippen LogP contribution in [0.15, 0.2) is 42.9 Å². The SMILES string of the molecule is NC(=O)Cc1cnc2ccc(-c3c(-c4ccc(F)c(Cl)c4)ncn3C[C@@H]3CCCO3)nn12. The van der Waals surface area contributed by atoms with Crippen molar-refractivity contribution >= 4 is 23.2 Å². The molecule has 0 unspecified atom stereocenters. The number of primary amides is 1. The summed E-state index contributed by atoms with van der Waals surface area (Å²) in [6.45, 7) is 1.35. The molecule has 10 heteroatoms. The van der Waals surface area contributed by atoms with E-state index >= 15 is 0 Å². The molecule has 2 N–H and O–H groups in total. The molecule has 0 spiro atoms. The van der Waals surface area contributed by atoms with E-state index in [1.165, 1.54) is 6.07 Å². The largest absolute Gasteiger partial charge is 0.376 e. The number of aromatic nitrogens is 5. The molecule has 32 heavy (non-hydrogen) atoms. The van der Waals surface area contributed by atoms with Crippen LogP contribution < -0.4 is 5.73 Å². The summed E-state index contributed by atoms with van der Waals surface area (Å²) in [5, 5.41) is 4.75. The Morgan fingerprint density at radius 2 is 2.16 bits per heavy atom. The Kier molecular flexibility index (Phi) is 5.36. The molecule has 1 aromatic carbocycles. The summed E-state index contributed by atoms with van der Waals surface area (Å²) < 4.78 is 23.2. The van der Waals surface area contributed by atoms with Crippen molar-refractivity contribution in [1.29, 1.82) is 0 Å². The molecule has 4 aromatic rings. The van der Waals surface area contributed by atoms with Crippen LogP contribution >= 0.6 is 11.6 Å². The lowest BCUT2D eigenvalue weighted by Gasteiger charge is -2.14. The third-order valence-electron chi connectivity index (χ3n) is 5.49. The second-order valence-electron chi connectivity index (χ2n) is 7.74. The van der Waals surface area contributed by atoms with Crippen LogP contribution in [0.3, 0.4) is 0 Å². The fourth-order valence-corrected chi connectivity index (χ4v) is 4.18. The Morgan fingerprint density at radius 1 is 1.28 bits per heavy atom. The average molecular weight is 455 g/mol. The van der Waals surface area contributed by atoms with Gasteiger partial charge in [0, 0.05) is 12.2 Å². The lowest BCUT2D eigenvalue weighted by Crippen LogP contribution is -2.16. The first-order valence-electron chi connectivity index (χ1n) is 10.2. The monoisotopic (exact) mass is 454 g/mol. The predicted octanol–water partition coefficient (Wildman–Crippen LogP) is 3.26. The molecule has 5 rings (SSSR count). The molecular weight excluding hydrogens is 435 g/mol. The van der Waals surface area contributed by atoms with Crippen LogP contribution in [0, 0.1) is 5.82 Å². The summed E-state index contributed by atoms with van der Waals surface area (Å²) in [7, 11) is 0. The number of nitrogens with two attached hydrogens (primary N) is 1. The maximum Gasteiger partial charge on any atom is 0.223 e. The molecule has 0 saturated carbocycles. The topological polar surface area (TPSA) is 100 Å². The molecule has 1 aliphatic rings. The van der Waals surface area contributed by atoms with E-state index in [2.05, 4.69) is 9.97 Å². The van der Waals surface area contributed by atoms with Gasteiger partial charge in [0.1, 0.15) is 11.5 Å². The highest BCUT2D eigenvalue weighted by molar-refractivity contribution is 6.31. The summed E-state index contributed by atoms with van der Waals surface area (Å²) in [6, 6.07) is 8.16. The summed E-state index contributed by atoms with van der Waals surface area (Å²) in [5.41, 5.74) is 9.20. The van der Waals surface area contributed by atoms with E-state index in [0.717, 1.165) is 25.1 Å². The number of carbonyl (C=O) groups excluding carboxylic acids is 1. The van der Waals surface area contributed by atoms with Crippen LogP contribution in [0.2, 0.25) is 5.02 Å². The first-order chi connectivity index (χ1) is 15.5. The number of imidazole rings is 2. The van der Waals surface area contributed by atoms with E-state index in [1.807, 2.05) is 16.7 Å². The molecule has 1 amide bonds. The zero-order chi connectivity index (χ0) is 22.2. The van der Waals surface area contributed by atoms with Gasteiger partial charge >= 0.3 is 0 Å². The Labute approximate surface area is 187 Å². The summed E-state index contributed by atoms with van der Waals surface area (Å²) in [6.07, 6.45) is 5.40. The quantitative estimate of drug-likeness (QED) is 0.482. The zero-order valence-corrected chi connectivity index (χ0v) is 17.8. The molecule has 4 heterocycles. The third kappa shape index (κ3) is 3.85. The molecule has 3 aromatic heterocycles. The summed E-state index contributed by atoms with van der Waals surface area (Å²) >= 11 is 6.04. The van der Waals surface area contributed by atoms with Gasteiger partial charge in [-0.3, -0.25) is 4.79 Å². The van der Waals surface area contributed by atoms with Crippen molar-refractivity contribution in [1.82, 2.24) is 24.1 Å². The molecule has 0 radical (unpaired) electrons. The van der Waals surface area contributed by atoms with Crippen molar-refractivity contribution in [2.24, 2.45) is 5.73 Å². The Bertz CT molecular complexity index is 1310. The van der Waals surface area contributed by atoms with Gasteiger partial charge in [-0.2, -0.15) is 5.10 Å². The van der Waals surface area contributed by atoms with E-state index in [-0.39, 0.29) is 17.5 Å². The Morgan fingerprint density at radius 3 is 2.91 bits per heavy atom.